The highest BCUT2D eigenvalue weighted by Crippen LogP contribution is 2.17. The first-order chi connectivity index (χ1) is 7.45. The lowest BCUT2D eigenvalue weighted by atomic mass is 10.2. The van der Waals surface area contributed by atoms with Gasteiger partial charge in [-0.15, -0.1) is 0 Å². The van der Waals surface area contributed by atoms with E-state index in [9.17, 15) is 0 Å². The van der Waals surface area contributed by atoms with Gasteiger partial charge in [0.2, 0.25) is 0 Å². The highest BCUT2D eigenvalue weighted by atomic mass is 32.2. The second-order valence-corrected chi connectivity index (χ2v) is 5.12. The fourth-order valence-electron chi connectivity index (χ4n) is 2.01. The van der Waals surface area contributed by atoms with Gasteiger partial charge in [-0.2, -0.15) is 0 Å². The molecule has 0 aromatic carbocycles. The van der Waals surface area contributed by atoms with Gasteiger partial charge >= 0.3 is 0 Å². The van der Waals surface area contributed by atoms with Crippen molar-refractivity contribution < 1.29 is 0 Å². The number of nitrogens with one attached hydrogen (secondary N) is 2. The van der Waals surface area contributed by atoms with Crippen molar-refractivity contribution in [2.24, 2.45) is 0 Å². The lowest BCUT2D eigenvalue weighted by Crippen LogP contribution is -2.27. The molecule has 0 amide bonds. The third-order valence-corrected chi connectivity index (χ3v) is 3.81. The Hall–Kier alpha value is -0.480. The average molecular weight is 225 g/mol. The van der Waals surface area contributed by atoms with Crippen LogP contribution in [0.15, 0.2) is 17.6 Å². The zero-order valence-electron chi connectivity index (χ0n) is 9.04. The van der Waals surface area contributed by atoms with Crippen molar-refractivity contribution in [1.82, 2.24) is 15.3 Å². The summed E-state index contributed by atoms with van der Waals surface area (Å²) < 4.78 is 0. The maximum atomic E-state index is 4.18. The monoisotopic (exact) mass is 225 g/mol. The number of thioether (sulfide) groups is 1. The van der Waals surface area contributed by atoms with Crippen LogP contribution in [0.2, 0.25) is 0 Å². The molecule has 0 aliphatic heterocycles. The van der Waals surface area contributed by atoms with Gasteiger partial charge in [0.05, 0.1) is 0 Å². The van der Waals surface area contributed by atoms with Gasteiger partial charge in [0.1, 0.15) is 0 Å². The summed E-state index contributed by atoms with van der Waals surface area (Å²) >= 11 is 1.80. The van der Waals surface area contributed by atoms with E-state index in [2.05, 4.69) is 15.3 Å². The molecule has 15 heavy (non-hydrogen) atoms. The number of nitrogens with zero attached hydrogens (tertiary/aromatic N) is 1. The van der Waals surface area contributed by atoms with Gasteiger partial charge in [0.25, 0.3) is 0 Å². The minimum absolute atomic E-state index is 0.804. The molecule has 1 aliphatic rings. The van der Waals surface area contributed by atoms with Crippen molar-refractivity contribution in [2.45, 2.75) is 43.3 Å². The van der Waals surface area contributed by atoms with Crippen LogP contribution in [0.4, 0.5) is 0 Å². The smallest absolute Gasteiger partial charge is 0.165 e. The van der Waals surface area contributed by atoms with Crippen LogP contribution in [-0.4, -0.2) is 28.3 Å². The van der Waals surface area contributed by atoms with Crippen molar-refractivity contribution in [3.8, 4) is 0 Å². The van der Waals surface area contributed by atoms with Gasteiger partial charge in [0, 0.05) is 24.2 Å². The summed E-state index contributed by atoms with van der Waals surface area (Å²) in [5.41, 5.74) is 0. The van der Waals surface area contributed by atoms with Crippen LogP contribution in [0.25, 0.3) is 0 Å². The molecule has 1 saturated carbocycles. The Bertz CT molecular complexity index is 255. The maximum absolute atomic E-state index is 4.18. The molecule has 0 saturated heterocycles. The van der Waals surface area contributed by atoms with Gasteiger partial charge in [-0.1, -0.05) is 24.6 Å². The van der Waals surface area contributed by atoms with Gasteiger partial charge < -0.3 is 10.3 Å². The number of hydrogen-bond acceptors (Lipinski definition) is 3. The fourth-order valence-corrected chi connectivity index (χ4v) is 2.78. The lowest BCUT2D eigenvalue weighted by Gasteiger charge is -2.10. The third-order valence-electron chi connectivity index (χ3n) is 2.82. The first-order valence-electron chi connectivity index (χ1n) is 5.81. The molecule has 0 atom stereocenters. The number of hydrogen-bond donors (Lipinski definition) is 2. The van der Waals surface area contributed by atoms with Crippen LogP contribution >= 0.6 is 11.8 Å². The molecule has 1 aromatic heterocycles. The molecule has 1 aliphatic carbocycles. The number of H-pyrrole nitrogens is 1. The largest absolute Gasteiger partial charge is 0.340 e. The fraction of sp³-hybridized carbons (Fsp3) is 0.727. The molecular formula is C11H19N3S. The van der Waals surface area contributed by atoms with E-state index in [0.29, 0.717) is 0 Å². The summed E-state index contributed by atoms with van der Waals surface area (Å²) in [5.74, 6) is 1.15. The molecule has 0 radical (unpaired) electrons. The van der Waals surface area contributed by atoms with E-state index >= 15 is 0 Å². The normalized spacial score (nSPS) is 17.3. The summed E-state index contributed by atoms with van der Waals surface area (Å²) in [4.78, 5) is 7.28. The van der Waals surface area contributed by atoms with E-state index in [0.717, 1.165) is 23.5 Å². The van der Waals surface area contributed by atoms with E-state index in [1.54, 1.807) is 18.0 Å². The van der Waals surface area contributed by atoms with Gasteiger partial charge in [0.15, 0.2) is 5.16 Å². The molecule has 84 valence electrons. The Labute approximate surface area is 95.4 Å². The van der Waals surface area contributed by atoms with Crippen LogP contribution < -0.4 is 5.32 Å². The van der Waals surface area contributed by atoms with E-state index in [-0.39, 0.29) is 0 Å². The van der Waals surface area contributed by atoms with Gasteiger partial charge in [-0.05, 0) is 25.8 Å². The van der Waals surface area contributed by atoms with E-state index in [1.165, 1.54) is 32.1 Å². The molecule has 3 nitrogen and oxygen atoms in total. The molecule has 0 bridgehead atoms. The van der Waals surface area contributed by atoms with Crippen LogP contribution in [0.5, 0.6) is 0 Å². The Kier molecular flexibility index (Phi) is 4.54. The second kappa shape index (κ2) is 6.18. The van der Waals surface area contributed by atoms with Crippen LogP contribution in [0.3, 0.4) is 0 Å². The number of imidazole rings is 1. The minimum Gasteiger partial charge on any atom is -0.340 e. The highest BCUT2D eigenvalue weighted by Gasteiger charge is 2.13. The Morgan fingerprint density at radius 1 is 1.47 bits per heavy atom. The molecule has 4 heteroatoms. The first kappa shape index (κ1) is 11.0. The Morgan fingerprint density at radius 3 is 3.07 bits per heavy atom. The number of aromatic amines is 1. The van der Waals surface area contributed by atoms with E-state index < -0.39 is 0 Å². The van der Waals surface area contributed by atoms with Crippen molar-refractivity contribution in [3.63, 3.8) is 0 Å². The summed E-state index contributed by atoms with van der Waals surface area (Å²) in [6.45, 7) is 1.15. The summed E-state index contributed by atoms with van der Waals surface area (Å²) in [7, 11) is 0. The van der Waals surface area contributed by atoms with Crippen molar-refractivity contribution in [3.05, 3.63) is 12.4 Å². The third kappa shape index (κ3) is 3.87. The molecule has 0 unspecified atom stereocenters. The lowest BCUT2D eigenvalue weighted by molar-refractivity contribution is 0.524. The standard InChI is InChI=1S/C11H19N3S/c1-2-5-10(4-1)12-6-3-9-15-11-13-7-8-14-11/h7-8,10,12H,1-6,9H2,(H,13,14). The van der Waals surface area contributed by atoms with E-state index in [1.807, 2.05) is 6.20 Å². The molecule has 1 heterocycles. The SMILES string of the molecule is c1c[nH]c(SCCCNC2CCCC2)n1. The van der Waals surface area contributed by atoms with Crippen LogP contribution in [0, 0.1) is 0 Å². The molecule has 2 N–H and O–H groups in total. The predicted octanol–water partition coefficient (Wildman–Crippen LogP) is 2.42. The molecule has 1 aromatic rings. The number of rotatable bonds is 6. The van der Waals surface area contributed by atoms with Gasteiger partial charge in [-0.3, -0.25) is 0 Å². The van der Waals surface area contributed by atoms with Gasteiger partial charge in [-0.25, -0.2) is 4.98 Å². The van der Waals surface area contributed by atoms with Crippen LogP contribution in [-0.2, 0) is 0 Å². The van der Waals surface area contributed by atoms with Crippen molar-refractivity contribution in [2.75, 3.05) is 12.3 Å². The predicted molar refractivity (Wildman–Crippen MR) is 64.2 cm³/mol. The summed E-state index contributed by atoms with van der Waals surface area (Å²) in [5, 5.41) is 4.66. The average Bonchev–Trinajstić information content (AvgIpc) is 2.88. The summed E-state index contributed by atoms with van der Waals surface area (Å²) in [6, 6.07) is 0.804. The molecule has 0 spiro atoms. The molecule has 1 fully saturated rings. The Morgan fingerprint density at radius 2 is 2.33 bits per heavy atom. The molecular weight excluding hydrogens is 206 g/mol. The first-order valence-corrected chi connectivity index (χ1v) is 6.79. The maximum Gasteiger partial charge on any atom is 0.165 e. The topological polar surface area (TPSA) is 40.7 Å². The highest BCUT2D eigenvalue weighted by molar-refractivity contribution is 7.99. The minimum atomic E-state index is 0.804. The number of aromatic nitrogens is 2. The second-order valence-electron chi connectivity index (χ2n) is 4.03. The van der Waals surface area contributed by atoms with Crippen molar-refractivity contribution in [1.29, 1.82) is 0 Å². The van der Waals surface area contributed by atoms with E-state index in [4.69, 9.17) is 0 Å². The Balaban J connectivity index is 1.48. The van der Waals surface area contributed by atoms with Crippen LogP contribution in [0.1, 0.15) is 32.1 Å². The zero-order chi connectivity index (χ0) is 10.3. The zero-order valence-corrected chi connectivity index (χ0v) is 9.85. The van der Waals surface area contributed by atoms with Crippen molar-refractivity contribution >= 4 is 11.8 Å². The quantitative estimate of drug-likeness (QED) is 0.577. The molecule has 2 rings (SSSR count). The summed E-state index contributed by atoms with van der Waals surface area (Å²) in [6.07, 6.45) is 10.5.